The third kappa shape index (κ3) is 3.21. The molecule has 1 aromatic heterocycles. The second-order valence-electron chi connectivity index (χ2n) is 6.91. The number of hydrogen-bond acceptors (Lipinski definition) is 5. The lowest BCUT2D eigenvalue weighted by Gasteiger charge is -2.44. The number of nitrogens with one attached hydrogen (secondary N) is 1. The van der Waals surface area contributed by atoms with E-state index in [1.54, 1.807) is 7.05 Å². The smallest absolute Gasteiger partial charge is 0.252 e. The summed E-state index contributed by atoms with van der Waals surface area (Å²) in [5, 5.41) is 2.68. The Morgan fingerprint density at radius 3 is 3.12 bits per heavy atom. The minimum atomic E-state index is -0.0399. The number of piperazine rings is 1. The highest BCUT2D eigenvalue weighted by Gasteiger charge is 2.31. The predicted molar refractivity (Wildman–Crippen MR) is 89.0 cm³/mol. The second-order valence-corrected chi connectivity index (χ2v) is 6.91. The first-order valence-electron chi connectivity index (χ1n) is 8.80. The van der Waals surface area contributed by atoms with Crippen LogP contribution < -0.4 is 5.32 Å². The molecule has 0 aromatic carbocycles. The number of aromatic nitrogens is 1. The van der Waals surface area contributed by atoms with Crippen LogP contribution in [0.25, 0.3) is 0 Å². The van der Waals surface area contributed by atoms with Crippen LogP contribution in [0.5, 0.6) is 0 Å². The number of rotatable bonds is 3. The van der Waals surface area contributed by atoms with Gasteiger partial charge in [0.05, 0.1) is 31.5 Å². The lowest BCUT2D eigenvalue weighted by molar-refractivity contribution is -0.0655. The summed E-state index contributed by atoms with van der Waals surface area (Å²) in [5.41, 5.74) is 1.79. The van der Waals surface area contributed by atoms with Gasteiger partial charge in [0.2, 0.25) is 0 Å². The predicted octanol–water partition coefficient (Wildman–Crippen LogP) is -0.237. The first-order valence-corrected chi connectivity index (χ1v) is 8.80. The third-order valence-corrected chi connectivity index (χ3v) is 5.33. The van der Waals surface area contributed by atoms with Crippen LogP contribution >= 0.6 is 0 Å². The third-order valence-electron chi connectivity index (χ3n) is 5.33. The highest BCUT2D eigenvalue weighted by atomic mass is 16.5. The van der Waals surface area contributed by atoms with Crippen molar-refractivity contribution in [3.05, 3.63) is 23.5 Å². The van der Waals surface area contributed by atoms with E-state index in [1.807, 2.05) is 12.3 Å². The van der Waals surface area contributed by atoms with Crippen molar-refractivity contribution in [2.24, 2.45) is 0 Å². The number of carbonyl (C=O) groups is 1. The zero-order chi connectivity index (χ0) is 16.5. The molecule has 24 heavy (non-hydrogen) atoms. The molecular formula is C17H26N4O3. The Bertz CT molecular complexity index is 603. The molecule has 0 spiro atoms. The van der Waals surface area contributed by atoms with Crippen LogP contribution in [0.1, 0.15) is 16.1 Å². The molecule has 7 heteroatoms. The molecule has 3 aliphatic heterocycles. The molecule has 0 aliphatic carbocycles. The molecule has 3 aliphatic rings. The van der Waals surface area contributed by atoms with Crippen molar-refractivity contribution in [1.82, 2.24) is 19.7 Å². The topological polar surface area (TPSA) is 59.0 Å². The second kappa shape index (κ2) is 6.84. The molecule has 0 radical (unpaired) electrons. The van der Waals surface area contributed by atoms with Crippen molar-refractivity contribution < 1.29 is 14.3 Å². The normalized spacial score (nSPS) is 28.2. The first-order chi connectivity index (χ1) is 11.7. The van der Waals surface area contributed by atoms with E-state index < -0.39 is 0 Å². The number of ether oxygens (including phenoxy) is 2. The quantitative estimate of drug-likeness (QED) is 0.827. The fourth-order valence-corrected chi connectivity index (χ4v) is 3.96. The highest BCUT2D eigenvalue weighted by Crippen LogP contribution is 2.20. The molecule has 4 rings (SSSR count). The summed E-state index contributed by atoms with van der Waals surface area (Å²) in [6, 6.07) is 2.45. The molecule has 1 aromatic rings. The Morgan fingerprint density at radius 2 is 2.25 bits per heavy atom. The molecule has 0 saturated carbocycles. The number of carbonyl (C=O) groups excluding carboxylic acids is 1. The molecule has 1 unspecified atom stereocenters. The standard InChI is InChI=1S/C17H26N4O3/c1-18-17(22)13-6-14-12-24-16(10-21(14)7-13)9-19-2-3-20-4-5-23-11-15(20)8-19/h6-7,15-16H,2-5,8-12H2,1H3,(H,18,22)/t15?,16-/m0/s1. The Hall–Kier alpha value is -1.41. The highest BCUT2D eigenvalue weighted by molar-refractivity contribution is 5.94. The Kier molecular flexibility index (Phi) is 4.58. The Morgan fingerprint density at radius 1 is 1.33 bits per heavy atom. The van der Waals surface area contributed by atoms with E-state index in [0.717, 1.165) is 58.2 Å². The molecule has 0 bridgehead atoms. The maximum Gasteiger partial charge on any atom is 0.252 e. The molecule has 4 heterocycles. The zero-order valence-corrected chi connectivity index (χ0v) is 14.2. The van der Waals surface area contributed by atoms with Gasteiger partial charge in [-0.25, -0.2) is 0 Å². The first kappa shape index (κ1) is 16.1. The van der Waals surface area contributed by atoms with Crippen molar-refractivity contribution in [2.45, 2.75) is 25.3 Å². The molecule has 7 nitrogen and oxygen atoms in total. The lowest BCUT2D eigenvalue weighted by Crippen LogP contribution is -2.59. The van der Waals surface area contributed by atoms with Crippen molar-refractivity contribution in [1.29, 1.82) is 0 Å². The van der Waals surface area contributed by atoms with Gasteiger partial charge in [-0.05, 0) is 6.07 Å². The number of morpholine rings is 1. The van der Waals surface area contributed by atoms with Crippen LogP contribution in [-0.2, 0) is 22.6 Å². The van der Waals surface area contributed by atoms with E-state index >= 15 is 0 Å². The minimum absolute atomic E-state index is 0.0399. The van der Waals surface area contributed by atoms with Gasteiger partial charge in [-0.3, -0.25) is 14.6 Å². The molecule has 2 atom stereocenters. The van der Waals surface area contributed by atoms with E-state index in [-0.39, 0.29) is 12.0 Å². The monoisotopic (exact) mass is 334 g/mol. The van der Waals surface area contributed by atoms with Crippen LogP contribution in [-0.4, -0.2) is 85.4 Å². The number of nitrogens with zero attached hydrogens (tertiary/aromatic N) is 3. The SMILES string of the molecule is CNC(=O)c1cc2n(c1)C[C@H](CN1CCN3CCOCC3C1)OC2. The van der Waals surface area contributed by atoms with Crippen LogP contribution in [0.4, 0.5) is 0 Å². The summed E-state index contributed by atoms with van der Waals surface area (Å²) >= 11 is 0. The Labute approximate surface area is 142 Å². The number of fused-ring (bicyclic) bond motifs is 2. The van der Waals surface area contributed by atoms with Gasteiger partial charge in [0.15, 0.2) is 0 Å². The summed E-state index contributed by atoms with van der Waals surface area (Å²) in [5.74, 6) is -0.0399. The summed E-state index contributed by atoms with van der Waals surface area (Å²) in [6.45, 7) is 8.38. The van der Waals surface area contributed by atoms with E-state index in [1.165, 1.54) is 0 Å². The van der Waals surface area contributed by atoms with Crippen molar-refractivity contribution >= 4 is 5.91 Å². The largest absolute Gasteiger partial charge is 0.378 e. The average Bonchev–Trinajstić information content (AvgIpc) is 3.04. The maximum atomic E-state index is 11.8. The summed E-state index contributed by atoms with van der Waals surface area (Å²) in [6.07, 6.45) is 2.12. The van der Waals surface area contributed by atoms with Gasteiger partial charge in [-0.1, -0.05) is 0 Å². The van der Waals surface area contributed by atoms with Crippen molar-refractivity contribution in [3.63, 3.8) is 0 Å². The van der Waals surface area contributed by atoms with Gasteiger partial charge >= 0.3 is 0 Å². The van der Waals surface area contributed by atoms with Gasteiger partial charge in [0.1, 0.15) is 0 Å². The van der Waals surface area contributed by atoms with Crippen LogP contribution in [0.3, 0.4) is 0 Å². The van der Waals surface area contributed by atoms with Crippen LogP contribution in [0, 0.1) is 0 Å². The molecule has 2 saturated heterocycles. The van der Waals surface area contributed by atoms with E-state index in [0.29, 0.717) is 18.2 Å². The van der Waals surface area contributed by atoms with Gasteiger partial charge in [-0.15, -0.1) is 0 Å². The number of amides is 1. The van der Waals surface area contributed by atoms with E-state index in [9.17, 15) is 4.79 Å². The molecule has 1 amide bonds. The van der Waals surface area contributed by atoms with Crippen LogP contribution in [0.2, 0.25) is 0 Å². The van der Waals surface area contributed by atoms with Crippen molar-refractivity contribution in [2.75, 3.05) is 53.0 Å². The number of hydrogen-bond donors (Lipinski definition) is 1. The minimum Gasteiger partial charge on any atom is -0.378 e. The van der Waals surface area contributed by atoms with Gasteiger partial charge < -0.3 is 19.4 Å². The van der Waals surface area contributed by atoms with E-state index in [4.69, 9.17) is 9.47 Å². The zero-order valence-electron chi connectivity index (χ0n) is 14.2. The molecular weight excluding hydrogens is 308 g/mol. The average molecular weight is 334 g/mol. The Balaban J connectivity index is 1.35. The van der Waals surface area contributed by atoms with Gasteiger partial charge in [-0.2, -0.15) is 0 Å². The van der Waals surface area contributed by atoms with Crippen molar-refractivity contribution in [3.8, 4) is 0 Å². The van der Waals surface area contributed by atoms with Crippen LogP contribution in [0.15, 0.2) is 12.3 Å². The molecule has 132 valence electrons. The fourth-order valence-electron chi connectivity index (χ4n) is 3.96. The maximum absolute atomic E-state index is 11.8. The lowest BCUT2D eigenvalue weighted by atomic mass is 10.1. The summed E-state index contributed by atoms with van der Waals surface area (Å²) < 4.78 is 13.8. The molecule has 2 fully saturated rings. The summed E-state index contributed by atoms with van der Waals surface area (Å²) in [4.78, 5) is 16.8. The summed E-state index contributed by atoms with van der Waals surface area (Å²) in [7, 11) is 1.66. The van der Waals surface area contributed by atoms with E-state index in [2.05, 4.69) is 19.7 Å². The van der Waals surface area contributed by atoms with Gasteiger partial charge in [0.25, 0.3) is 5.91 Å². The molecule has 1 N–H and O–H groups in total. The van der Waals surface area contributed by atoms with Gasteiger partial charge in [0, 0.05) is 64.2 Å². The fraction of sp³-hybridized carbons (Fsp3) is 0.706.